The second-order valence-electron chi connectivity index (χ2n) is 3.82. The third-order valence-corrected chi connectivity index (χ3v) is 4.16. The van der Waals surface area contributed by atoms with Crippen molar-refractivity contribution in [3.8, 4) is 10.7 Å². The molecule has 0 fully saturated rings. The van der Waals surface area contributed by atoms with Crippen molar-refractivity contribution in [3.63, 3.8) is 0 Å². The first-order chi connectivity index (χ1) is 8.16. The van der Waals surface area contributed by atoms with Crippen LogP contribution in [0, 0.1) is 6.92 Å². The maximum Gasteiger partial charge on any atom is 0.156 e. The molecule has 0 aliphatic rings. The molecule has 5 heteroatoms. The van der Waals surface area contributed by atoms with Gasteiger partial charge in [-0.25, -0.2) is 4.98 Å². The van der Waals surface area contributed by atoms with Crippen LogP contribution in [0.25, 0.3) is 16.2 Å². The molecule has 17 heavy (non-hydrogen) atoms. The standard InChI is InChI=1S/C12H10BrN3S/c1-7-4-5-9(17-7)12-15-11(13)10-8(14)3-2-6-16(10)12/h2-6H,14H2,1H3. The Hall–Kier alpha value is -1.33. The Balaban J connectivity index is 2.35. The van der Waals surface area contributed by atoms with Crippen LogP contribution in [0.3, 0.4) is 0 Å². The van der Waals surface area contributed by atoms with Gasteiger partial charge in [0, 0.05) is 11.1 Å². The van der Waals surface area contributed by atoms with Gasteiger partial charge < -0.3 is 5.73 Å². The summed E-state index contributed by atoms with van der Waals surface area (Å²) in [7, 11) is 0. The summed E-state index contributed by atoms with van der Waals surface area (Å²) in [5.74, 6) is 0.928. The molecule has 0 saturated heterocycles. The van der Waals surface area contributed by atoms with Crippen molar-refractivity contribution in [1.29, 1.82) is 0 Å². The van der Waals surface area contributed by atoms with Crippen molar-refractivity contribution in [3.05, 3.63) is 39.9 Å². The molecule has 0 aromatic carbocycles. The number of anilines is 1. The number of nitrogens with zero attached hydrogens (tertiary/aromatic N) is 2. The number of aryl methyl sites for hydroxylation is 1. The first kappa shape index (κ1) is 10.8. The van der Waals surface area contributed by atoms with E-state index in [0.29, 0.717) is 0 Å². The van der Waals surface area contributed by atoms with Gasteiger partial charge in [-0.05, 0) is 47.1 Å². The molecule has 3 nitrogen and oxygen atoms in total. The van der Waals surface area contributed by atoms with E-state index >= 15 is 0 Å². The minimum Gasteiger partial charge on any atom is -0.397 e. The summed E-state index contributed by atoms with van der Waals surface area (Å²) in [6.45, 7) is 2.09. The van der Waals surface area contributed by atoms with Crippen LogP contribution in [-0.2, 0) is 0 Å². The number of hydrogen-bond acceptors (Lipinski definition) is 3. The largest absolute Gasteiger partial charge is 0.397 e. The second-order valence-corrected chi connectivity index (χ2v) is 5.86. The van der Waals surface area contributed by atoms with Crippen LogP contribution in [0.15, 0.2) is 35.1 Å². The fraction of sp³-hybridized carbons (Fsp3) is 0.0833. The van der Waals surface area contributed by atoms with Crippen molar-refractivity contribution in [1.82, 2.24) is 9.38 Å². The quantitative estimate of drug-likeness (QED) is 0.744. The molecular weight excluding hydrogens is 298 g/mol. The maximum atomic E-state index is 5.97. The SMILES string of the molecule is Cc1ccc(-c2nc(Br)c3c(N)cccn23)s1. The molecule has 3 aromatic rings. The minimum atomic E-state index is 0.728. The molecule has 2 N–H and O–H groups in total. The Kier molecular flexibility index (Phi) is 2.45. The average molecular weight is 308 g/mol. The summed E-state index contributed by atoms with van der Waals surface area (Å²) < 4.78 is 2.81. The molecule has 0 radical (unpaired) electrons. The van der Waals surface area contributed by atoms with E-state index in [1.165, 1.54) is 4.88 Å². The van der Waals surface area contributed by atoms with Gasteiger partial charge in [-0.2, -0.15) is 0 Å². The molecule has 0 aliphatic heterocycles. The molecule has 0 atom stereocenters. The zero-order valence-corrected chi connectivity index (χ0v) is 11.5. The summed E-state index contributed by atoms with van der Waals surface area (Å²) in [4.78, 5) is 6.97. The van der Waals surface area contributed by atoms with E-state index in [9.17, 15) is 0 Å². The Morgan fingerprint density at radius 2 is 2.18 bits per heavy atom. The summed E-state index contributed by atoms with van der Waals surface area (Å²) in [6.07, 6.45) is 1.98. The monoisotopic (exact) mass is 307 g/mol. The molecule has 0 unspecified atom stereocenters. The predicted molar refractivity (Wildman–Crippen MR) is 75.4 cm³/mol. The molecule has 3 heterocycles. The molecule has 0 aliphatic carbocycles. The van der Waals surface area contributed by atoms with Crippen molar-refractivity contribution in [2.24, 2.45) is 0 Å². The number of nitrogen functional groups attached to an aromatic ring is 1. The number of rotatable bonds is 1. The third kappa shape index (κ3) is 1.66. The van der Waals surface area contributed by atoms with Crippen molar-refractivity contribution >= 4 is 38.5 Å². The lowest BCUT2D eigenvalue weighted by atomic mass is 10.3. The van der Waals surface area contributed by atoms with E-state index in [-0.39, 0.29) is 0 Å². The number of imidazole rings is 1. The minimum absolute atomic E-state index is 0.728. The van der Waals surface area contributed by atoms with Gasteiger partial charge in [-0.1, -0.05) is 0 Å². The Morgan fingerprint density at radius 3 is 2.88 bits per heavy atom. The highest BCUT2D eigenvalue weighted by Crippen LogP contribution is 2.32. The summed E-state index contributed by atoms with van der Waals surface area (Å²) in [5.41, 5.74) is 7.62. The molecule has 3 rings (SSSR count). The summed E-state index contributed by atoms with van der Waals surface area (Å²) >= 11 is 5.20. The van der Waals surface area contributed by atoms with Gasteiger partial charge >= 0.3 is 0 Å². The van der Waals surface area contributed by atoms with Gasteiger partial charge in [0.1, 0.15) is 10.1 Å². The fourth-order valence-corrected chi connectivity index (χ4v) is 3.29. The first-order valence-corrected chi connectivity index (χ1v) is 6.76. The van der Waals surface area contributed by atoms with Crippen LogP contribution in [0.4, 0.5) is 5.69 Å². The molecule has 0 spiro atoms. The van der Waals surface area contributed by atoms with Crippen LogP contribution in [-0.4, -0.2) is 9.38 Å². The topological polar surface area (TPSA) is 43.3 Å². The van der Waals surface area contributed by atoms with Gasteiger partial charge in [0.15, 0.2) is 5.82 Å². The Bertz CT molecular complexity index is 699. The lowest BCUT2D eigenvalue weighted by molar-refractivity contribution is 1.17. The van der Waals surface area contributed by atoms with Crippen LogP contribution in [0.5, 0.6) is 0 Å². The number of thiophene rings is 1. The average Bonchev–Trinajstić information content (AvgIpc) is 2.84. The second kappa shape index (κ2) is 3.85. The zero-order chi connectivity index (χ0) is 12.0. The van der Waals surface area contributed by atoms with E-state index in [0.717, 1.165) is 26.5 Å². The molecule has 0 saturated carbocycles. The van der Waals surface area contributed by atoms with Gasteiger partial charge in [0.05, 0.1) is 10.6 Å². The third-order valence-electron chi connectivity index (χ3n) is 2.61. The maximum absolute atomic E-state index is 5.97. The van der Waals surface area contributed by atoms with Crippen molar-refractivity contribution in [2.75, 3.05) is 5.73 Å². The van der Waals surface area contributed by atoms with Crippen LogP contribution in [0.1, 0.15) is 4.88 Å². The Labute approximate surface area is 111 Å². The van der Waals surface area contributed by atoms with E-state index in [2.05, 4.69) is 40.0 Å². The zero-order valence-electron chi connectivity index (χ0n) is 9.14. The highest BCUT2D eigenvalue weighted by Gasteiger charge is 2.13. The molecular formula is C12H10BrN3S. The van der Waals surface area contributed by atoms with Crippen LogP contribution in [0.2, 0.25) is 0 Å². The van der Waals surface area contributed by atoms with Gasteiger partial charge in [0.25, 0.3) is 0 Å². The van der Waals surface area contributed by atoms with E-state index in [4.69, 9.17) is 5.73 Å². The van der Waals surface area contributed by atoms with Crippen LogP contribution >= 0.6 is 27.3 Å². The Morgan fingerprint density at radius 1 is 1.35 bits per heavy atom. The number of pyridine rings is 1. The fourth-order valence-electron chi connectivity index (χ4n) is 1.85. The normalized spacial score (nSPS) is 11.2. The van der Waals surface area contributed by atoms with Crippen LogP contribution < -0.4 is 5.73 Å². The number of hydrogen-bond donors (Lipinski definition) is 1. The van der Waals surface area contributed by atoms with E-state index < -0.39 is 0 Å². The highest BCUT2D eigenvalue weighted by atomic mass is 79.9. The van der Waals surface area contributed by atoms with Gasteiger partial charge in [0.2, 0.25) is 0 Å². The number of fused-ring (bicyclic) bond motifs is 1. The highest BCUT2D eigenvalue weighted by molar-refractivity contribution is 9.10. The van der Waals surface area contributed by atoms with E-state index in [1.807, 2.05) is 22.7 Å². The smallest absolute Gasteiger partial charge is 0.156 e. The number of halogens is 1. The molecule has 86 valence electrons. The van der Waals surface area contributed by atoms with Gasteiger partial charge in [-0.3, -0.25) is 4.40 Å². The predicted octanol–water partition coefficient (Wildman–Crippen LogP) is 3.72. The number of aromatic nitrogens is 2. The lowest BCUT2D eigenvalue weighted by Crippen LogP contribution is -1.92. The van der Waals surface area contributed by atoms with Gasteiger partial charge in [-0.15, -0.1) is 11.3 Å². The molecule has 3 aromatic heterocycles. The summed E-state index contributed by atoms with van der Waals surface area (Å²) in [6, 6.07) is 8.00. The molecule has 0 amide bonds. The van der Waals surface area contributed by atoms with E-state index in [1.54, 1.807) is 11.3 Å². The number of nitrogens with two attached hydrogens (primary N) is 1. The molecule has 0 bridgehead atoms. The van der Waals surface area contributed by atoms with Crippen molar-refractivity contribution < 1.29 is 0 Å². The van der Waals surface area contributed by atoms with Crippen molar-refractivity contribution in [2.45, 2.75) is 6.92 Å². The first-order valence-electron chi connectivity index (χ1n) is 5.15. The summed E-state index contributed by atoms with van der Waals surface area (Å²) in [5, 5.41) is 0. The lowest BCUT2D eigenvalue weighted by Gasteiger charge is -2.00.